The predicted octanol–water partition coefficient (Wildman–Crippen LogP) is 2.15. The van der Waals surface area contributed by atoms with Gasteiger partial charge in [0.1, 0.15) is 0 Å². The van der Waals surface area contributed by atoms with Gasteiger partial charge in [-0.2, -0.15) is 0 Å². The van der Waals surface area contributed by atoms with Crippen molar-refractivity contribution in [2.75, 3.05) is 16.3 Å². The van der Waals surface area contributed by atoms with Crippen LogP contribution in [0.3, 0.4) is 0 Å². The zero-order valence-electron chi connectivity index (χ0n) is 13.9. The van der Waals surface area contributed by atoms with E-state index in [2.05, 4.69) is 10.0 Å². The van der Waals surface area contributed by atoms with Crippen molar-refractivity contribution in [1.29, 1.82) is 0 Å². The number of amides is 1. The minimum Gasteiger partial charge on any atom is -0.327 e. The summed E-state index contributed by atoms with van der Waals surface area (Å²) in [5, 5.41) is 2.93. The molecule has 0 aliphatic heterocycles. The molecule has 1 aromatic carbocycles. The van der Waals surface area contributed by atoms with Gasteiger partial charge in [0.05, 0.1) is 11.9 Å². The highest BCUT2D eigenvalue weighted by Gasteiger charge is 2.40. The number of anilines is 2. The van der Waals surface area contributed by atoms with Crippen LogP contribution in [-0.2, 0) is 14.8 Å². The molecular formula is C17H25N3O3S. The number of hydrogen-bond donors (Lipinski definition) is 3. The van der Waals surface area contributed by atoms with Crippen LogP contribution in [0, 0.1) is 17.8 Å². The summed E-state index contributed by atoms with van der Waals surface area (Å²) in [5.41, 5.74) is 7.33. The van der Waals surface area contributed by atoms with Crippen molar-refractivity contribution >= 4 is 27.3 Å². The second kappa shape index (κ2) is 6.72. The smallest absolute Gasteiger partial charge is 0.229 e. The Bertz CT molecular complexity index is 706. The highest BCUT2D eigenvalue weighted by Crippen LogP contribution is 2.42. The monoisotopic (exact) mass is 351 g/mol. The third-order valence-electron chi connectivity index (χ3n) is 5.22. The number of sulfonamides is 1. The standard InChI is InChI=1S/C17H25N3O3S/c1-24(22,23)20-15-7-3-6-14(10-15)19-17(21)13-8-11-4-2-5-12(9-13)16(11)18/h3,6-7,10-13,16,20H,2,4-5,8-9,18H2,1H3,(H,19,21). The summed E-state index contributed by atoms with van der Waals surface area (Å²) >= 11 is 0. The summed E-state index contributed by atoms with van der Waals surface area (Å²) in [6, 6.07) is 7.01. The molecule has 0 radical (unpaired) electrons. The third-order valence-corrected chi connectivity index (χ3v) is 5.82. The lowest BCUT2D eigenvalue weighted by Gasteiger charge is -2.43. The molecular weight excluding hydrogens is 326 g/mol. The van der Waals surface area contributed by atoms with Crippen molar-refractivity contribution in [2.45, 2.75) is 38.1 Å². The topological polar surface area (TPSA) is 101 Å². The van der Waals surface area contributed by atoms with E-state index in [-0.39, 0.29) is 17.9 Å². The predicted molar refractivity (Wildman–Crippen MR) is 95.1 cm³/mol. The van der Waals surface area contributed by atoms with Gasteiger partial charge in [-0.15, -0.1) is 0 Å². The van der Waals surface area contributed by atoms with E-state index in [1.54, 1.807) is 24.3 Å². The van der Waals surface area contributed by atoms with Crippen LogP contribution in [0.15, 0.2) is 24.3 Å². The summed E-state index contributed by atoms with van der Waals surface area (Å²) in [6.07, 6.45) is 6.26. The minimum absolute atomic E-state index is 0.00776. The van der Waals surface area contributed by atoms with E-state index in [9.17, 15) is 13.2 Å². The fraction of sp³-hybridized carbons (Fsp3) is 0.588. The zero-order chi connectivity index (χ0) is 17.3. The maximum Gasteiger partial charge on any atom is 0.229 e. The summed E-state index contributed by atoms with van der Waals surface area (Å²) in [6.45, 7) is 0. The Kier molecular flexibility index (Phi) is 4.83. The van der Waals surface area contributed by atoms with Crippen LogP contribution in [0.4, 0.5) is 11.4 Å². The fourth-order valence-electron chi connectivity index (χ4n) is 4.12. The molecule has 7 heteroatoms. The van der Waals surface area contributed by atoms with Crippen LogP contribution >= 0.6 is 0 Å². The first kappa shape index (κ1) is 17.2. The van der Waals surface area contributed by atoms with Crippen LogP contribution < -0.4 is 15.8 Å². The Labute approximate surface area is 143 Å². The lowest BCUT2D eigenvalue weighted by atomic mass is 9.65. The summed E-state index contributed by atoms with van der Waals surface area (Å²) in [7, 11) is -3.34. The molecule has 2 unspecified atom stereocenters. The Balaban J connectivity index is 1.66. The van der Waals surface area contributed by atoms with Crippen molar-refractivity contribution in [3.8, 4) is 0 Å². The van der Waals surface area contributed by atoms with Crippen LogP contribution in [0.25, 0.3) is 0 Å². The SMILES string of the molecule is CS(=O)(=O)Nc1cccc(NC(=O)C2CC3CCCC(C2)C3N)c1. The zero-order valence-corrected chi connectivity index (χ0v) is 14.7. The van der Waals surface area contributed by atoms with E-state index < -0.39 is 10.0 Å². The number of hydrogen-bond acceptors (Lipinski definition) is 4. The van der Waals surface area contributed by atoms with Gasteiger partial charge in [-0.05, 0) is 55.7 Å². The number of carbonyl (C=O) groups is 1. The average Bonchev–Trinajstić information content (AvgIpc) is 2.45. The molecule has 2 fully saturated rings. The molecule has 0 saturated heterocycles. The van der Waals surface area contributed by atoms with E-state index >= 15 is 0 Å². The molecule has 24 heavy (non-hydrogen) atoms. The quantitative estimate of drug-likeness (QED) is 0.773. The van der Waals surface area contributed by atoms with Gasteiger partial charge >= 0.3 is 0 Å². The maximum absolute atomic E-state index is 12.6. The largest absolute Gasteiger partial charge is 0.327 e. The number of fused-ring (bicyclic) bond motifs is 2. The van der Waals surface area contributed by atoms with E-state index in [1.807, 2.05) is 0 Å². The van der Waals surface area contributed by atoms with Crippen molar-refractivity contribution in [2.24, 2.45) is 23.5 Å². The highest BCUT2D eigenvalue weighted by molar-refractivity contribution is 7.92. The maximum atomic E-state index is 12.6. The average molecular weight is 351 g/mol. The van der Waals surface area contributed by atoms with Crippen molar-refractivity contribution < 1.29 is 13.2 Å². The number of nitrogens with two attached hydrogens (primary N) is 1. The summed E-state index contributed by atoms with van der Waals surface area (Å²) in [5.74, 6) is 0.903. The van der Waals surface area contributed by atoms with Gasteiger partial charge in [-0.25, -0.2) is 8.42 Å². The molecule has 6 nitrogen and oxygen atoms in total. The van der Waals surface area contributed by atoms with Crippen LogP contribution in [0.2, 0.25) is 0 Å². The molecule has 3 rings (SSSR count). The van der Waals surface area contributed by atoms with Crippen molar-refractivity contribution in [1.82, 2.24) is 0 Å². The van der Waals surface area contributed by atoms with Crippen LogP contribution in [-0.4, -0.2) is 26.6 Å². The number of nitrogens with one attached hydrogen (secondary N) is 2. The number of carbonyl (C=O) groups excluding carboxylic acids is 1. The minimum atomic E-state index is -3.34. The fourth-order valence-corrected chi connectivity index (χ4v) is 4.68. The van der Waals surface area contributed by atoms with Gasteiger partial charge in [0.25, 0.3) is 0 Å². The summed E-state index contributed by atoms with van der Waals surface area (Å²) in [4.78, 5) is 12.6. The van der Waals surface area contributed by atoms with E-state index in [1.165, 1.54) is 6.42 Å². The molecule has 0 heterocycles. The molecule has 2 atom stereocenters. The first-order valence-corrected chi connectivity index (χ1v) is 10.4. The van der Waals surface area contributed by atoms with Gasteiger partial charge in [0, 0.05) is 17.6 Å². The third kappa shape index (κ3) is 4.08. The Morgan fingerprint density at radius 3 is 2.42 bits per heavy atom. The van der Waals surface area contributed by atoms with Crippen LogP contribution in [0.1, 0.15) is 32.1 Å². The van der Waals surface area contributed by atoms with Crippen molar-refractivity contribution in [3.63, 3.8) is 0 Å². The molecule has 4 N–H and O–H groups in total. The molecule has 0 aromatic heterocycles. The number of rotatable bonds is 4. The molecule has 2 saturated carbocycles. The van der Waals surface area contributed by atoms with Gasteiger partial charge in [-0.1, -0.05) is 12.5 Å². The Hall–Kier alpha value is -1.60. The summed E-state index contributed by atoms with van der Waals surface area (Å²) < 4.78 is 25.0. The number of benzene rings is 1. The molecule has 2 aliphatic rings. The lowest BCUT2D eigenvalue weighted by molar-refractivity contribution is -0.122. The second-order valence-corrected chi connectivity index (χ2v) is 8.89. The molecule has 0 spiro atoms. The molecule has 2 aliphatic carbocycles. The highest BCUT2D eigenvalue weighted by atomic mass is 32.2. The first-order valence-electron chi connectivity index (χ1n) is 8.46. The lowest BCUT2D eigenvalue weighted by Crippen LogP contribution is -2.48. The van der Waals surface area contributed by atoms with Gasteiger partial charge in [0.2, 0.25) is 15.9 Å². The molecule has 132 valence electrons. The Morgan fingerprint density at radius 2 is 1.79 bits per heavy atom. The van der Waals surface area contributed by atoms with Crippen LogP contribution in [0.5, 0.6) is 0 Å². The first-order chi connectivity index (χ1) is 11.3. The van der Waals surface area contributed by atoms with E-state index in [0.29, 0.717) is 23.2 Å². The Morgan fingerprint density at radius 1 is 1.17 bits per heavy atom. The molecule has 1 aromatic rings. The molecule has 1 amide bonds. The van der Waals surface area contributed by atoms with Gasteiger partial charge in [-0.3, -0.25) is 9.52 Å². The van der Waals surface area contributed by atoms with Crippen molar-refractivity contribution in [3.05, 3.63) is 24.3 Å². The van der Waals surface area contributed by atoms with E-state index in [4.69, 9.17) is 5.73 Å². The van der Waals surface area contributed by atoms with Gasteiger partial charge in [0.15, 0.2) is 0 Å². The van der Waals surface area contributed by atoms with Gasteiger partial charge < -0.3 is 11.1 Å². The molecule has 2 bridgehead atoms. The second-order valence-electron chi connectivity index (χ2n) is 7.14. The normalized spacial score (nSPS) is 29.8. The van der Waals surface area contributed by atoms with E-state index in [0.717, 1.165) is 31.9 Å².